The average molecular weight is 506 g/mol. The van der Waals surface area contributed by atoms with E-state index in [-0.39, 0.29) is 23.4 Å². The maximum absolute atomic E-state index is 12.8. The van der Waals surface area contributed by atoms with Crippen molar-refractivity contribution in [2.24, 2.45) is 10.2 Å². The number of esters is 1. The number of carbonyl (C=O) groups excluding carboxylic acids is 2. The average Bonchev–Trinajstić information content (AvgIpc) is 2.76. The van der Waals surface area contributed by atoms with Gasteiger partial charge in [-0.25, -0.2) is 22.7 Å². The molecule has 0 atom stereocenters. The van der Waals surface area contributed by atoms with Gasteiger partial charge in [-0.05, 0) is 18.2 Å². The standard InChI is InChI=1S/C17H17F3N6O7S/c1-31-12-7-13(32-2)23-15(22-12)24-16(28)26-34(29,30)11-6-9(25-21-8-17(18,19)20)4-5-10(11)14(27)33-3/h4-7H,8H2,1-3H3,(H2,22,23,24,26,28). The third-order valence-corrected chi connectivity index (χ3v) is 5.02. The van der Waals surface area contributed by atoms with Gasteiger partial charge in [0.05, 0.1) is 38.6 Å². The molecular formula is C17H17F3N6O7S. The number of nitrogens with zero attached hydrogens (tertiary/aromatic N) is 4. The number of sulfonamides is 1. The summed E-state index contributed by atoms with van der Waals surface area (Å²) in [5, 5.41) is 8.27. The first-order valence-electron chi connectivity index (χ1n) is 8.86. The number of urea groups is 1. The number of rotatable bonds is 8. The summed E-state index contributed by atoms with van der Waals surface area (Å²) in [6.45, 7) is -1.61. The molecule has 0 saturated heterocycles. The highest BCUT2D eigenvalue weighted by molar-refractivity contribution is 7.90. The van der Waals surface area contributed by atoms with Gasteiger partial charge in [0.2, 0.25) is 17.7 Å². The maximum Gasteiger partial charge on any atom is 0.409 e. The first-order valence-corrected chi connectivity index (χ1v) is 10.3. The molecule has 2 rings (SSSR count). The van der Waals surface area contributed by atoms with Crippen molar-refractivity contribution in [3.05, 3.63) is 29.8 Å². The predicted octanol–water partition coefficient (Wildman–Crippen LogP) is 2.44. The van der Waals surface area contributed by atoms with E-state index < -0.39 is 45.2 Å². The van der Waals surface area contributed by atoms with Crippen molar-refractivity contribution in [2.45, 2.75) is 11.1 Å². The van der Waals surface area contributed by atoms with Gasteiger partial charge in [0.15, 0.2) is 6.54 Å². The number of halogens is 3. The van der Waals surface area contributed by atoms with E-state index in [2.05, 4.69) is 30.3 Å². The minimum atomic E-state index is -4.78. The van der Waals surface area contributed by atoms with Gasteiger partial charge in [0.1, 0.15) is 4.90 Å². The van der Waals surface area contributed by atoms with Crippen LogP contribution in [-0.4, -0.2) is 64.4 Å². The monoisotopic (exact) mass is 506 g/mol. The number of ether oxygens (including phenoxy) is 3. The van der Waals surface area contributed by atoms with Crippen molar-refractivity contribution in [2.75, 3.05) is 33.2 Å². The molecule has 2 aromatic rings. The van der Waals surface area contributed by atoms with E-state index in [4.69, 9.17) is 9.47 Å². The second-order valence-electron chi connectivity index (χ2n) is 6.02. The highest BCUT2D eigenvalue weighted by atomic mass is 32.2. The second-order valence-corrected chi connectivity index (χ2v) is 7.67. The summed E-state index contributed by atoms with van der Waals surface area (Å²) in [5.41, 5.74) is -0.851. The van der Waals surface area contributed by atoms with Crippen LogP contribution in [0.3, 0.4) is 0 Å². The Kier molecular flexibility index (Phi) is 8.28. The molecule has 2 N–H and O–H groups in total. The van der Waals surface area contributed by atoms with E-state index in [1.165, 1.54) is 20.3 Å². The van der Waals surface area contributed by atoms with Crippen LogP contribution < -0.4 is 19.5 Å². The van der Waals surface area contributed by atoms with Crippen LogP contribution in [0.2, 0.25) is 0 Å². The van der Waals surface area contributed by atoms with Gasteiger partial charge in [-0.3, -0.25) is 5.32 Å². The number of amides is 2. The number of carbonyl (C=O) groups is 2. The minimum Gasteiger partial charge on any atom is -0.481 e. The van der Waals surface area contributed by atoms with Crippen LogP contribution in [0.1, 0.15) is 10.4 Å². The number of anilines is 1. The molecule has 1 heterocycles. The number of alkyl halides is 3. The molecule has 0 unspecified atom stereocenters. The summed E-state index contributed by atoms with van der Waals surface area (Å²) in [6.07, 6.45) is -4.63. The number of benzene rings is 1. The van der Waals surface area contributed by atoms with Crippen LogP contribution in [-0.2, 0) is 14.8 Å². The first-order chi connectivity index (χ1) is 15.9. The van der Waals surface area contributed by atoms with Gasteiger partial charge in [-0.15, -0.1) is 0 Å². The van der Waals surface area contributed by atoms with Crippen LogP contribution >= 0.6 is 0 Å². The molecule has 0 spiro atoms. The van der Waals surface area contributed by atoms with E-state index in [1.807, 2.05) is 0 Å². The van der Waals surface area contributed by atoms with E-state index >= 15 is 0 Å². The molecule has 0 aliphatic heterocycles. The largest absolute Gasteiger partial charge is 0.481 e. The van der Waals surface area contributed by atoms with Crippen LogP contribution in [0.25, 0.3) is 0 Å². The van der Waals surface area contributed by atoms with Crippen molar-refractivity contribution in [1.82, 2.24) is 14.7 Å². The van der Waals surface area contributed by atoms with Gasteiger partial charge in [0, 0.05) is 0 Å². The summed E-state index contributed by atoms with van der Waals surface area (Å²) >= 11 is 0. The molecule has 0 radical (unpaired) electrons. The number of azo groups is 1. The molecule has 184 valence electrons. The number of aromatic nitrogens is 2. The molecule has 2 amide bonds. The van der Waals surface area contributed by atoms with Gasteiger partial charge in [-0.2, -0.15) is 33.4 Å². The smallest absolute Gasteiger partial charge is 0.409 e. The molecule has 1 aromatic carbocycles. The maximum atomic E-state index is 12.8. The lowest BCUT2D eigenvalue weighted by Crippen LogP contribution is -2.35. The number of hydrogen-bond acceptors (Lipinski definition) is 11. The second kappa shape index (κ2) is 10.7. The summed E-state index contributed by atoms with van der Waals surface area (Å²) in [4.78, 5) is 31.1. The van der Waals surface area contributed by atoms with Gasteiger partial charge >= 0.3 is 18.2 Å². The highest BCUT2D eigenvalue weighted by Crippen LogP contribution is 2.25. The molecule has 0 aliphatic rings. The third kappa shape index (κ3) is 7.26. The molecule has 0 saturated carbocycles. The summed E-state index contributed by atoms with van der Waals surface area (Å²) in [5.74, 6) is -1.49. The predicted molar refractivity (Wildman–Crippen MR) is 108 cm³/mol. The fraction of sp³-hybridized carbons (Fsp3) is 0.294. The lowest BCUT2D eigenvalue weighted by Gasteiger charge is -2.12. The fourth-order valence-electron chi connectivity index (χ4n) is 2.24. The molecule has 0 bridgehead atoms. The number of methoxy groups -OCH3 is 3. The summed E-state index contributed by atoms with van der Waals surface area (Å²) < 4.78 is 78.3. The topological polar surface area (TPSA) is 171 Å². The van der Waals surface area contributed by atoms with Crippen molar-refractivity contribution < 1.29 is 45.4 Å². The third-order valence-electron chi connectivity index (χ3n) is 3.65. The van der Waals surface area contributed by atoms with Crippen molar-refractivity contribution >= 4 is 33.7 Å². The Bertz CT molecular complexity index is 1180. The Morgan fingerprint density at radius 1 is 1.06 bits per heavy atom. The molecule has 1 aromatic heterocycles. The Morgan fingerprint density at radius 2 is 1.68 bits per heavy atom. The zero-order valence-electron chi connectivity index (χ0n) is 17.7. The molecule has 0 aliphatic carbocycles. The lowest BCUT2D eigenvalue weighted by atomic mass is 10.2. The zero-order chi connectivity index (χ0) is 25.5. The van der Waals surface area contributed by atoms with Crippen molar-refractivity contribution in [3.8, 4) is 11.8 Å². The van der Waals surface area contributed by atoms with Crippen LogP contribution in [0, 0.1) is 0 Å². The van der Waals surface area contributed by atoms with E-state index in [1.54, 1.807) is 4.72 Å². The highest BCUT2D eigenvalue weighted by Gasteiger charge is 2.28. The lowest BCUT2D eigenvalue weighted by molar-refractivity contribution is -0.119. The van der Waals surface area contributed by atoms with Crippen LogP contribution in [0.15, 0.2) is 39.4 Å². The van der Waals surface area contributed by atoms with Gasteiger partial charge < -0.3 is 14.2 Å². The van der Waals surface area contributed by atoms with E-state index in [0.29, 0.717) is 0 Å². The minimum absolute atomic E-state index is 0.00472. The number of nitrogens with one attached hydrogen (secondary N) is 2. The van der Waals surface area contributed by atoms with Gasteiger partial charge in [0.25, 0.3) is 10.0 Å². The van der Waals surface area contributed by atoms with Crippen molar-refractivity contribution in [1.29, 1.82) is 0 Å². The normalized spacial score (nSPS) is 11.7. The molecule has 17 heteroatoms. The quantitative estimate of drug-likeness (QED) is 0.403. The zero-order valence-corrected chi connectivity index (χ0v) is 18.5. The Labute approximate surface area is 190 Å². The first kappa shape index (κ1) is 26.2. The Morgan fingerprint density at radius 3 is 2.21 bits per heavy atom. The van der Waals surface area contributed by atoms with Crippen LogP contribution in [0.4, 0.5) is 29.6 Å². The molecule has 0 fully saturated rings. The molecule has 13 nitrogen and oxygen atoms in total. The summed E-state index contributed by atoms with van der Waals surface area (Å²) in [6, 6.07) is 2.68. The Hall–Kier alpha value is -4.02. The van der Waals surface area contributed by atoms with E-state index in [0.717, 1.165) is 25.3 Å². The Balaban J connectivity index is 2.35. The number of hydrogen-bond donors (Lipinski definition) is 2. The van der Waals surface area contributed by atoms with Crippen molar-refractivity contribution in [3.63, 3.8) is 0 Å². The summed E-state index contributed by atoms with van der Waals surface area (Å²) in [7, 11) is -1.24. The van der Waals surface area contributed by atoms with E-state index in [9.17, 15) is 31.2 Å². The van der Waals surface area contributed by atoms with Crippen LogP contribution in [0.5, 0.6) is 11.8 Å². The van der Waals surface area contributed by atoms with Gasteiger partial charge in [-0.1, -0.05) is 0 Å². The SMILES string of the molecule is COC(=O)c1ccc(N=NCC(F)(F)F)cc1S(=O)(=O)NC(=O)Nc1nc(OC)cc(OC)n1. The molecular weight excluding hydrogens is 489 g/mol. The fourth-order valence-corrected chi connectivity index (χ4v) is 3.37. The molecule has 34 heavy (non-hydrogen) atoms.